The molecule has 4 aromatic rings. The van der Waals surface area contributed by atoms with Crippen molar-refractivity contribution in [2.45, 2.75) is 121 Å². The predicted octanol–water partition coefficient (Wildman–Crippen LogP) is 6.59. The first-order valence-corrected chi connectivity index (χ1v) is 26.4. The molecule has 4 atom stereocenters. The van der Waals surface area contributed by atoms with Gasteiger partial charge in [-0.3, -0.25) is 24.2 Å². The maximum atomic E-state index is 14.4. The highest BCUT2D eigenvalue weighted by Gasteiger charge is 2.40. The third kappa shape index (κ3) is 13.1. The number of nitrogens with two attached hydrogens (primary N) is 1. The van der Waals surface area contributed by atoms with E-state index in [1.54, 1.807) is 27.7 Å². The molecule has 4 aromatic carbocycles. The number of likely N-dealkylation sites (N-methyl/N-ethyl adjacent to an activating group) is 1. The Bertz CT molecular complexity index is 2950. The quantitative estimate of drug-likeness (QED) is 0.0214. The standard InChI is InChI=1S/C56H69FN8O9S/c1-11-28-56(9,63-54(70)73-32-43-40-21-16-14-19-38(40)39-20-15-17-22-41(39)43)52(69)61-45(50(67)60-44(13-3)49(66)62-46(51(68)65(10)30-12-2)36-24-26-37(57)27-25-36)23-18-29-59-53(58)64-75(71,72)48-34(5)33(4)47-42(35(48)6)31-55(7,8)74-47/h11-12,14-17,19-22,24-27,43-46H,1-2,13,18,23,28-32H2,3-10H3,(H,60,67)(H,61,69)(H,62,66)(H,63,70)(H3,58,59,64)/t44-,45-,46+,56+/m0/s1. The normalized spacial score (nSPS) is 15.5. The Hall–Kier alpha value is -7.54. The summed E-state index contributed by atoms with van der Waals surface area (Å²) in [5, 5.41) is 10.8. The van der Waals surface area contributed by atoms with Gasteiger partial charge in [-0.05, 0) is 124 Å². The van der Waals surface area contributed by atoms with Crippen molar-refractivity contribution in [3.63, 3.8) is 0 Å². The van der Waals surface area contributed by atoms with Gasteiger partial charge in [-0.1, -0.05) is 79.7 Å². The van der Waals surface area contributed by atoms with Crippen molar-refractivity contribution >= 4 is 45.7 Å². The Morgan fingerprint density at radius 2 is 1.52 bits per heavy atom. The Morgan fingerprint density at radius 3 is 2.12 bits per heavy atom. The molecule has 0 saturated carbocycles. The van der Waals surface area contributed by atoms with Gasteiger partial charge in [0.1, 0.15) is 47.4 Å². The lowest BCUT2D eigenvalue weighted by Gasteiger charge is -2.31. The molecule has 75 heavy (non-hydrogen) atoms. The molecule has 2 aliphatic rings. The fourth-order valence-corrected chi connectivity index (χ4v) is 11.1. The first-order valence-electron chi connectivity index (χ1n) is 24.9. The van der Waals surface area contributed by atoms with E-state index in [0.717, 1.165) is 39.9 Å². The van der Waals surface area contributed by atoms with E-state index in [1.807, 2.05) is 62.4 Å². The summed E-state index contributed by atoms with van der Waals surface area (Å²) in [4.78, 5) is 75.7. The number of hydrogen-bond acceptors (Lipinski definition) is 10. The average molecular weight is 1050 g/mol. The number of benzene rings is 4. The molecule has 1 heterocycles. The number of carbonyl (C=O) groups is 5. The van der Waals surface area contributed by atoms with Crippen LogP contribution in [0.2, 0.25) is 0 Å². The van der Waals surface area contributed by atoms with E-state index in [4.69, 9.17) is 15.2 Å². The molecule has 0 aromatic heterocycles. The molecule has 0 bridgehead atoms. The Balaban J connectivity index is 1.20. The van der Waals surface area contributed by atoms with Crippen molar-refractivity contribution in [3.8, 4) is 16.9 Å². The number of sulfonamides is 1. The fraction of sp³-hybridized carbons (Fsp3) is 0.393. The number of amides is 5. The monoisotopic (exact) mass is 1050 g/mol. The van der Waals surface area contributed by atoms with E-state index in [0.29, 0.717) is 28.9 Å². The molecule has 0 fully saturated rings. The minimum atomic E-state index is -4.24. The number of nitrogens with one attached hydrogen (secondary N) is 5. The van der Waals surface area contributed by atoms with E-state index in [-0.39, 0.29) is 61.8 Å². The predicted molar refractivity (Wildman–Crippen MR) is 286 cm³/mol. The summed E-state index contributed by atoms with van der Waals surface area (Å²) in [6.07, 6.45) is 2.44. The molecule has 400 valence electrons. The first kappa shape index (κ1) is 56.8. The van der Waals surface area contributed by atoms with Crippen molar-refractivity contribution < 1.29 is 46.3 Å². The smallest absolute Gasteiger partial charge is 0.408 e. The van der Waals surface area contributed by atoms with Crippen LogP contribution in [0.4, 0.5) is 9.18 Å². The van der Waals surface area contributed by atoms with Crippen LogP contribution in [-0.4, -0.2) is 99.0 Å². The molecule has 19 heteroatoms. The van der Waals surface area contributed by atoms with Gasteiger partial charge in [-0.25, -0.2) is 22.3 Å². The van der Waals surface area contributed by atoms with Crippen LogP contribution in [-0.2, 0) is 40.4 Å². The second-order valence-electron chi connectivity index (χ2n) is 19.8. The van der Waals surface area contributed by atoms with E-state index in [9.17, 15) is 36.8 Å². The first-order chi connectivity index (χ1) is 35.4. The summed E-state index contributed by atoms with van der Waals surface area (Å²) in [6, 6.07) is 16.9. The summed E-state index contributed by atoms with van der Waals surface area (Å²) in [5.74, 6) is -3.42. The van der Waals surface area contributed by atoms with Crippen molar-refractivity contribution in [2.24, 2.45) is 10.7 Å². The lowest BCUT2D eigenvalue weighted by Crippen LogP contribution is -2.61. The Labute approximate surface area is 439 Å². The minimum Gasteiger partial charge on any atom is -0.487 e. The number of alkyl carbamates (subject to hydrolysis) is 1. The molecule has 0 spiro atoms. The van der Waals surface area contributed by atoms with E-state index >= 15 is 0 Å². The molecule has 0 saturated heterocycles. The van der Waals surface area contributed by atoms with Gasteiger partial charge in [0, 0.05) is 38.0 Å². The lowest BCUT2D eigenvalue weighted by atomic mass is 9.94. The number of aliphatic imine (C=N–C) groups is 1. The third-order valence-corrected chi connectivity index (χ3v) is 15.3. The number of rotatable bonds is 22. The van der Waals surface area contributed by atoms with Gasteiger partial charge in [-0.2, -0.15) is 0 Å². The number of nitrogens with zero attached hydrogens (tertiary/aromatic N) is 2. The van der Waals surface area contributed by atoms with Crippen LogP contribution in [0.15, 0.2) is 108 Å². The van der Waals surface area contributed by atoms with Crippen LogP contribution in [0.1, 0.15) is 104 Å². The number of hydrogen-bond donors (Lipinski definition) is 6. The molecular weight excluding hydrogens is 980 g/mol. The number of halogens is 1. The summed E-state index contributed by atoms with van der Waals surface area (Å²) < 4.78 is 56.1. The van der Waals surface area contributed by atoms with Crippen molar-refractivity contribution in [1.82, 2.24) is 30.9 Å². The number of fused-ring (bicyclic) bond motifs is 4. The molecule has 0 unspecified atom stereocenters. The number of guanidine groups is 1. The minimum absolute atomic E-state index is 0.0331. The fourth-order valence-electron chi connectivity index (χ4n) is 9.61. The van der Waals surface area contributed by atoms with Gasteiger partial charge < -0.3 is 41.4 Å². The molecular formula is C56H69FN8O9S. The third-order valence-electron chi connectivity index (χ3n) is 13.7. The molecule has 17 nitrogen and oxygen atoms in total. The molecule has 5 amide bonds. The summed E-state index contributed by atoms with van der Waals surface area (Å²) in [6.45, 7) is 19.6. The zero-order valence-electron chi connectivity index (χ0n) is 43.9. The largest absolute Gasteiger partial charge is 0.487 e. The van der Waals surface area contributed by atoms with Gasteiger partial charge in [0.2, 0.25) is 29.6 Å². The van der Waals surface area contributed by atoms with Crippen LogP contribution < -0.4 is 36.5 Å². The van der Waals surface area contributed by atoms with Gasteiger partial charge in [0.05, 0.1) is 4.90 Å². The van der Waals surface area contributed by atoms with E-state index in [2.05, 4.69) is 44.1 Å². The zero-order valence-corrected chi connectivity index (χ0v) is 44.7. The van der Waals surface area contributed by atoms with Gasteiger partial charge in [0.15, 0.2) is 0 Å². The Kier molecular flexibility index (Phi) is 18.0. The second kappa shape index (κ2) is 23.8. The zero-order chi connectivity index (χ0) is 55.0. The van der Waals surface area contributed by atoms with Crippen molar-refractivity contribution in [2.75, 3.05) is 26.7 Å². The summed E-state index contributed by atoms with van der Waals surface area (Å²) in [5.41, 5.74) is 10.8. The molecule has 0 radical (unpaired) electrons. The van der Waals surface area contributed by atoms with Gasteiger partial charge in [0.25, 0.3) is 10.0 Å². The van der Waals surface area contributed by atoms with E-state index in [1.165, 1.54) is 43.2 Å². The molecule has 1 aliphatic heterocycles. The van der Waals surface area contributed by atoms with Crippen molar-refractivity contribution in [1.29, 1.82) is 0 Å². The van der Waals surface area contributed by atoms with Crippen molar-refractivity contribution in [3.05, 3.63) is 143 Å². The maximum absolute atomic E-state index is 14.4. The summed E-state index contributed by atoms with van der Waals surface area (Å²) in [7, 11) is -2.72. The molecule has 6 rings (SSSR count). The molecule has 7 N–H and O–H groups in total. The van der Waals surface area contributed by atoms with Crippen LogP contribution >= 0.6 is 0 Å². The number of carbonyl (C=O) groups excluding carboxylic acids is 5. The maximum Gasteiger partial charge on any atom is 0.408 e. The SMILES string of the molecule is C=CCN(C)C(=O)[C@H](NC(=O)[C@H](CC)NC(=O)[C@H](CCCN=C(N)NS(=O)(=O)c1c(C)c(C)c2c(c1C)CC(C)(C)O2)NC(=O)[C@@](C)(CC=C)NC(=O)OCC1c2ccccc2-c2ccccc21)c1ccc(F)cc1. The lowest BCUT2D eigenvalue weighted by molar-refractivity contribution is -0.137. The van der Waals surface area contributed by atoms with Crippen LogP contribution in [0.5, 0.6) is 5.75 Å². The highest BCUT2D eigenvalue weighted by atomic mass is 32.2. The van der Waals surface area contributed by atoms with E-state index < -0.39 is 80.8 Å². The highest BCUT2D eigenvalue weighted by molar-refractivity contribution is 7.90. The average Bonchev–Trinajstić information content (AvgIpc) is 3.87. The summed E-state index contributed by atoms with van der Waals surface area (Å²) >= 11 is 0. The topological polar surface area (TPSA) is 240 Å². The highest BCUT2D eigenvalue weighted by Crippen LogP contribution is 2.45. The van der Waals surface area contributed by atoms with Gasteiger partial charge >= 0.3 is 6.09 Å². The van der Waals surface area contributed by atoms with Crippen LogP contribution in [0, 0.1) is 26.6 Å². The van der Waals surface area contributed by atoms with Gasteiger partial charge in [-0.15, -0.1) is 13.2 Å². The number of ether oxygens (including phenoxy) is 2. The molecule has 1 aliphatic carbocycles. The van der Waals surface area contributed by atoms with Crippen LogP contribution in [0.25, 0.3) is 11.1 Å². The second-order valence-corrected chi connectivity index (χ2v) is 21.5. The van der Waals surface area contributed by atoms with Crippen LogP contribution in [0.3, 0.4) is 0 Å². The Morgan fingerprint density at radius 1 is 0.907 bits per heavy atom.